The fourth-order valence-electron chi connectivity index (χ4n) is 5.57. The molecule has 17 heteroatoms. The van der Waals surface area contributed by atoms with Gasteiger partial charge in [0, 0.05) is 49.1 Å². The maximum Gasteiger partial charge on any atom is 0.412 e. The molecule has 0 saturated carbocycles. The average Bonchev–Trinajstić information content (AvgIpc) is 3.71. The number of rotatable bonds is 6. The first-order chi connectivity index (χ1) is 26.7. The second-order valence-electron chi connectivity index (χ2n) is 13.5. The Bertz CT molecular complexity index is 2370. The van der Waals surface area contributed by atoms with Gasteiger partial charge in [-0.1, -0.05) is 47.5 Å². The van der Waals surface area contributed by atoms with E-state index in [9.17, 15) is 19.2 Å². The van der Waals surface area contributed by atoms with Crippen LogP contribution in [0.15, 0.2) is 94.0 Å². The summed E-state index contributed by atoms with van der Waals surface area (Å²) in [7, 11) is 0. The number of hydrogen-bond donors (Lipinski definition) is 4. The lowest BCUT2D eigenvalue weighted by molar-refractivity contribution is 0.00791. The Kier molecular flexibility index (Phi) is 12.0. The van der Waals surface area contributed by atoms with Gasteiger partial charge in [-0.2, -0.15) is 0 Å². The van der Waals surface area contributed by atoms with Crippen LogP contribution in [0.1, 0.15) is 54.7 Å². The third kappa shape index (κ3) is 9.85. The number of furan rings is 2. The van der Waals surface area contributed by atoms with Crippen LogP contribution >= 0.6 is 23.2 Å². The molecule has 1 aliphatic rings. The summed E-state index contributed by atoms with van der Waals surface area (Å²) in [5.41, 5.74) is 6.84. The Labute approximate surface area is 330 Å². The zero-order chi connectivity index (χ0) is 40.0. The summed E-state index contributed by atoms with van der Waals surface area (Å²) >= 11 is 11.6. The van der Waals surface area contributed by atoms with E-state index >= 15 is 0 Å². The number of nitrogens with zero attached hydrogens (tertiary/aromatic N) is 3. The predicted molar refractivity (Wildman–Crippen MR) is 212 cm³/mol. The van der Waals surface area contributed by atoms with E-state index in [1.807, 2.05) is 32.9 Å². The van der Waals surface area contributed by atoms with Gasteiger partial charge in [-0.3, -0.25) is 14.9 Å². The van der Waals surface area contributed by atoms with E-state index in [2.05, 4.69) is 25.9 Å². The summed E-state index contributed by atoms with van der Waals surface area (Å²) in [5.74, 6) is -0.419. The smallest absolute Gasteiger partial charge is 0.412 e. The second-order valence-corrected chi connectivity index (χ2v) is 14.3. The number of halogens is 2. The molecule has 6 aromatic rings. The number of para-hydroxylation sites is 2. The fraction of sp³-hybridized carbons (Fsp3) is 0.231. The molecule has 1 aliphatic heterocycles. The van der Waals surface area contributed by atoms with E-state index in [0.717, 1.165) is 0 Å². The van der Waals surface area contributed by atoms with Crippen molar-refractivity contribution in [2.24, 2.45) is 0 Å². The molecule has 5 heterocycles. The van der Waals surface area contributed by atoms with Crippen molar-refractivity contribution in [2.45, 2.75) is 45.3 Å². The Hall–Kier alpha value is -6.32. The molecule has 4 amide bonds. The van der Waals surface area contributed by atoms with Gasteiger partial charge in [-0.25, -0.2) is 19.6 Å². The van der Waals surface area contributed by atoms with Gasteiger partial charge in [0.1, 0.15) is 40.2 Å². The van der Waals surface area contributed by atoms with Crippen LogP contribution in [0, 0.1) is 0 Å². The summed E-state index contributed by atoms with van der Waals surface area (Å²) in [6.45, 7) is 6.24. The second kappa shape index (κ2) is 17.0. The molecule has 15 nitrogen and oxygen atoms in total. The lowest BCUT2D eigenvalue weighted by Gasteiger charge is -2.33. The van der Waals surface area contributed by atoms with E-state index in [1.165, 1.54) is 12.4 Å². The molecule has 0 spiro atoms. The summed E-state index contributed by atoms with van der Waals surface area (Å²) in [5, 5.41) is 10.1. The first kappa shape index (κ1) is 39.4. The standard InChI is InChI=1S/C25H27ClN4O6.C14H10ClN3O2/c1-25(2,3)36-24(33)30-12-10-16(11-13-30)34-23(32)29-20-17-6-4-5-7-18(17)35-21(20)22(31)28-19-9-8-15(26)14-27-19;15-8-5-6-11(17-7-8)18-14(19)13-12(16)9-3-1-2-4-10(9)20-13/h4-9,14,16H,10-13H2,1-3H3,(H,29,32)(H,27,28,31);1-7H,16H2,(H,17,18,19). The third-order valence-electron chi connectivity index (χ3n) is 8.17. The van der Waals surface area contributed by atoms with Crippen molar-refractivity contribution < 1.29 is 37.5 Å². The molecular formula is C39H37Cl2N7O8. The molecular weight excluding hydrogens is 765 g/mol. The van der Waals surface area contributed by atoms with Crippen molar-refractivity contribution in [1.82, 2.24) is 14.9 Å². The number of carbonyl (C=O) groups excluding carboxylic acids is 4. The van der Waals surface area contributed by atoms with Crippen LogP contribution in [0.2, 0.25) is 10.0 Å². The van der Waals surface area contributed by atoms with Gasteiger partial charge in [0.05, 0.1) is 15.7 Å². The summed E-state index contributed by atoms with van der Waals surface area (Å²) in [6, 6.07) is 20.5. The fourth-order valence-corrected chi connectivity index (χ4v) is 5.80. The van der Waals surface area contributed by atoms with Crippen LogP contribution in [0.3, 0.4) is 0 Å². The highest BCUT2D eigenvalue weighted by Crippen LogP contribution is 2.32. The molecule has 56 heavy (non-hydrogen) atoms. The minimum atomic E-state index is -0.726. The minimum absolute atomic E-state index is 0.0722. The highest BCUT2D eigenvalue weighted by atomic mass is 35.5. The molecule has 290 valence electrons. The first-order valence-electron chi connectivity index (χ1n) is 17.3. The van der Waals surface area contributed by atoms with Crippen LogP contribution < -0.4 is 21.7 Å². The van der Waals surface area contributed by atoms with Crippen LogP contribution in [0.5, 0.6) is 0 Å². The zero-order valence-corrected chi connectivity index (χ0v) is 31.9. The summed E-state index contributed by atoms with van der Waals surface area (Å²) < 4.78 is 22.2. The van der Waals surface area contributed by atoms with Crippen molar-refractivity contribution in [2.75, 3.05) is 34.8 Å². The number of aromatic nitrogens is 2. The molecule has 1 saturated heterocycles. The van der Waals surface area contributed by atoms with Crippen molar-refractivity contribution in [3.63, 3.8) is 0 Å². The monoisotopic (exact) mass is 801 g/mol. The van der Waals surface area contributed by atoms with Crippen molar-refractivity contribution in [3.8, 4) is 0 Å². The topological polar surface area (TPSA) is 204 Å². The van der Waals surface area contributed by atoms with Crippen molar-refractivity contribution in [3.05, 3.63) is 107 Å². The average molecular weight is 803 g/mol. The Morgan fingerprint density at radius 1 is 0.750 bits per heavy atom. The van der Waals surface area contributed by atoms with E-state index in [1.54, 1.807) is 65.6 Å². The van der Waals surface area contributed by atoms with Crippen molar-refractivity contribution >= 4 is 92.2 Å². The number of nitrogens with two attached hydrogens (primary N) is 1. The Balaban J connectivity index is 0.000000223. The van der Waals surface area contributed by atoms with Crippen LogP contribution in [0.4, 0.5) is 32.6 Å². The molecule has 0 atom stereocenters. The third-order valence-corrected chi connectivity index (χ3v) is 8.62. The number of piperidine rings is 1. The number of likely N-dealkylation sites (tertiary alicyclic amines) is 1. The van der Waals surface area contributed by atoms with Crippen molar-refractivity contribution in [1.29, 1.82) is 0 Å². The minimum Gasteiger partial charge on any atom is -0.449 e. The highest BCUT2D eigenvalue weighted by molar-refractivity contribution is 6.30. The van der Waals surface area contributed by atoms with E-state index < -0.39 is 29.6 Å². The molecule has 0 unspecified atom stereocenters. The van der Waals surface area contributed by atoms with Gasteiger partial charge in [0.2, 0.25) is 11.5 Å². The maximum absolute atomic E-state index is 12.9. The molecule has 5 N–H and O–H groups in total. The number of carbonyl (C=O) groups is 4. The number of hydrogen-bond acceptors (Lipinski definition) is 11. The number of ether oxygens (including phenoxy) is 2. The Morgan fingerprint density at radius 3 is 1.80 bits per heavy atom. The number of anilines is 4. The van der Waals surface area contributed by atoms with Gasteiger partial charge in [-0.15, -0.1) is 0 Å². The quantitative estimate of drug-likeness (QED) is 0.125. The number of fused-ring (bicyclic) bond motifs is 2. The maximum atomic E-state index is 12.9. The largest absolute Gasteiger partial charge is 0.449 e. The summed E-state index contributed by atoms with van der Waals surface area (Å²) in [4.78, 5) is 59.7. The Morgan fingerprint density at radius 2 is 1.27 bits per heavy atom. The van der Waals surface area contributed by atoms with E-state index in [0.29, 0.717) is 69.4 Å². The van der Waals surface area contributed by atoms with E-state index in [-0.39, 0.29) is 29.1 Å². The van der Waals surface area contributed by atoms with Gasteiger partial charge in [0.15, 0.2) is 0 Å². The number of benzene rings is 2. The van der Waals surface area contributed by atoms with Crippen LogP contribution in [0.25, 0.3) is 21.9 Å². The van der Waals surface area contributed by atoms with E-state index in [4.69, 9.17) is 47.2 Å². The molecule has 7 rings (SSSR count). The summed E-state index contributed by atoms with van der Waals surface area (Å²) in [6.07, 6.45) is 2.27. The zero-order valence-electron chi connectivity index (χ0n) is 30.4. The van der Waals surface area contributed by atoms with Crippen LogP contribution in [-0.2, 0) is 9.47 Å². The van der Waals surface area contributed by atoms with Gasteiger partial charge >= 0.3 is 12.2 Å². The SMILES string of the molecule is CC(C)(C)OC(=O)N1CCC(OC(=O)Nc2c(C(=O)Nc3ccc(Cl)cn3)oc3ccccc23)CC1.Nc1c(C(=O)Nc2ccc(Cl)cn2)oc2ccccc12. The molecule has 0 aliphatic carbocycles. The predicted octanol–water partition coefficient (Wildman–Crippen LogP) is 9.00. The number of nitrogen functional groups attached to an aromatic ring is 1. The highest BCUT2D eigenvalue weighted by Gasteiger charge is 2.30. The molecule has 0 radical (unpaired) electrons. The lowest BCUT2D eigenvalue weighted by Crippen LogP contribution is -2.44. The number of amides is 4. The van der Waals surface area contributed by atoms with Gasteiger partial charge in [0.25, 0.3) is 11.8 Å². The molecule has 4 aromatic heterocycles. The van der Waals surface area contributed by atoms with Crippen LogP contribution in [-0.4, -0.2) is 63.7 Å². The normalized spacial score (nSPS) is 13.1. The van der Waals surface area contributed by atoms with Gasteiger partial charge in [-0.05, 0) is 69.3 Å². The number of pyridine rings is 2. The lowest BCUT2D eigenvalue weighted by atomic mass is 10.1. The molecule has 2 aromatic carbocycles. The first-order valence-corrected chi connectivity index (χ1v) is 18.1. The molecule has 0 bridgehead atoms. The van der Waals surface area contributed by atoms with Gasteiger partial charge < -0.3 is 39.6 Å². The molecule has 1 fully saturated rings. The number of nitrogens with one attached hydrogen (secondary N) is 3.